The molecule has 6 rings (SSSR count). The molecule has 0 saturated heterocycles. The molecule has 214 valence electrons. The number of aliphatic imine (C=N–C) groups is 1. The molecular formula is C32H30N4O6. The summed E-state index contributed by atoms with van der Waals surface area (Å²) in [5, 5.41) is 13.2. The predicted octanol–water partition coefficient (Wildman–Crippen LogP) is 4.89. The number of aliphatic hydroxyl groups excluding tert-OH is 1. The van der Waals surface area contributed by atoms with E-state index in [0.29, 0.717) is 42.1 Å². The minimum atomic E-state index is -1.25. The van der Waals surface area contributed by atoms with Gasteiger partial charge in [0.2, 0.25) is 5.90 Å². The first-order valence-electron chi connectivity index (χ1n) is 13.7. The Bertz CT molecular complexity index is 1610. The summed E-state index contributed by atoms with van der Waals surface area (Å²) in [6.45, 7) is 4.50. The summed E-state index contributed by atoms with van der Waals surface area (Å²) in [6.07, 6.45) is 1.89. The fraction of sp³-hybridized carbons (Fsp3) is 0.250. The maximum Gasteiger partial charge on any atom is 0.260 e. The fourth-order valence-electron chi connectivity index (χ4n) is 5.26. The van der Waals surface area contributed by atoms with Crippen LogP contribution in [0.1, 0.15) is 35.9 Å². The van der Waals surface area contributed by atoms with Crippen molar-refractivity contribution in [2.75, 3.05) is 25.2 Å². The van der Waals surface area contributed by atoms with Crippen molar-refractivity contribution in [2.45, 2.75) is 31.0 Å². The number of hydrogen-bond donors (Lipinski definition) is 1. The highest BCUT2D eigenvalue weighted by Gasteiger charge is 2.58. The first-order chi connectivity index (χ1) is 20.6. The zero-order valence-corrected chi connectivity index (χ0v) is 23.1. The Balaban J connectivity index is 1.32. The lowest BCUT2D eigenvalue weighted by atomic mass is 9.80. The molecule has 1 amide bonds. The highest BCUT2D eigenvalue weighted by atomic mass is 16.5. The second-order valence-electron chi connectivity index (χ2n) is 9.98. The number of amides is 1. The summed E-state index contributed by atoms with van der Waals surface area (Å²) in [7, 11) is 1.60. The number of carbonyl (C=O) groups is 1. The van der Waals surface area contributed by atoms with Gasteiger partial charge in [-0.2, -0.15) is 4.98 Å². The van der Waals surface area contributed by atoms with Crippen molar-refractivity contribution in [1.29, 1.82) is 0 Å². The van der Waals surface area contributed by atoms with Crippen LogP contribution in [0.4, 0.5) is 5.69 Å². The Morgan fingerprint density at radius 2 is 1.79 bits per heavy atom. The van der Waals surface area contributed by atoms with E-state index < -0.39 is 11.6 Å². The SMILES string of the molecule is C=CC[C@]12N=C(c3ccc(OCCCO)cc3)O[C@H]1c1ccccc1N(Cc1noc(-c3ccc(OC)cc3)n1)C2=O. The Morgan fingerprint density at radius 1 is 1.05 bits per heavy atom. The zero-order valence-electron chi connectivity index (χ0n) is 23.1. The summed E-state index contributed by atoms with van der Waals surface area (Å²) in [5.74, 6) is 2.23. The third-order valence-corrected chi connectivity index (χ3v) is 7.32. The molecule has 2 aliphatic rings. The molecule has 3 heterocycles. The van der Waals surface area contributed by atoms with E-state index in [2.05, 4.69) is 16.7 Å². The molecular weight excluding hydrogens is 536 g/mol. The van der Waals surface area contributed by atoms with Crippen LogP contribution in [-0.2, 0) is 16.1 Å². The number of rotatable bonds is 11. The maximum absolute atomic E-state index is 14.4. The van der Waals surface area contributed by atoms with Gasteiger partial charge in [0.05, 0.1) is 25.9 Å². The molecule has 1 N–H and O–H groups in total. The Morgan fingerprint density at radius 3 is 2.52 bits per heavy atom. The summed E-state index contributed by atoms with van der Waals surface area (Å²) in [4.78, 5) is 25.5. The molecule has 0 aliphatic carbocycles. The second kappa shape index (κ2) is 11.5. The number of benzene rings is 3. The van der Waals surface area contributed by atoms with Crippen LogP contribution in [0.5, 0.6) is 11.5 Å². The van der Waals surface area contributed by atoms with Crippen LogP contribution in [0.3, 0.4) is 0 Å². The lowest BCUT2D eigenvalue weighted by Gasteiger charge is -2.40. The van der Waals surface area contributed by atoms with E-state index in [0.717, 1.165) is 22.4 Å². The Hall–Kier alpha value is -4.96. The van der Waals surface area contributed by atoms with Gasteiger partial charge in [0.15, 0.2) is 17.5 Å². The largest absolute Gasteiger partial charge is 0.497 e. The first kappa shape index (κ1) is 27.2. The van der Waals surface area contributed by atoms with Crippen molar-refractivity contribution >= 4 is 17.5 Å². The molecule has 4 aromatic rings. The first-order valence-corrected chi connectivity index (χ1v) is 13.7. The zero-order chi connectivity index (χ0) is 29.1. The lowest BCUT2D eigenvalue weighted by Crippen LogP contribution is -2.53. The summed E-state index contributed by atoms with van der Waals surface area (Å²) in [6, 6.07) is 22.3. The molecule has 1 aromatic heterocycles. The average Bonchev–Trinajstić information content (AvgIpc) is 3.66. The number of para-hydroxylation sites is 1. The number of aliphatic hydroxyl groups is 1. The van der Waals surface area contributed by atoms with Gasteiger partial charge in [0, 0.05) is 36.1 Å². The number of ether oxygens (including phenoxy) is 3. The smallest absolute Gasteiger partial charge is 0.260 e. The molecule has 0 fully saturated rings. The fourth-order valence-corrected chi connectivity index (χ4v) is 5.26. The molecule has 2 atom stereocenters. The topological polar surface area (TPSA) is 120 Å². The van der Waals surface area contributed by atoms with Crippen LogP contribution in [0.15, 0.2) is 95.0 Å². The van der Waals surface area contributed by atoms with Crippen LogP contribution in [0, 0.1) is 0 Å². The second-order valence-corrected chi connectivity index (χ2v) is 9.98. The third kappa shape index (κ3) is 4.90. The van der Waals surface area contributed by atoms with Gasteiger partial charge in [-0.1, -0.05) is 29.4 Å². The monoisotopic (exact) mass is 566 g/mol. The molecule has 10 nitrogen and oxygen atoms in total. The number of aromatic nitrogens is 2. The van der Waals surface area contributed by atoms with Crippen molar-refractivity contribution in [3.8, 4) is 23.0 Å². The molecule has 2 aliphatic heterocycles. The summed E-state index contributed by atoms with van der Waals surface area (Å²) >= 11 is 0. The van der Waals surface area contributed by atoms with Crippen LogP contribution < -0.4 is 14.4 Å². The highest BCUT2D eigenvalue weighted by molar-refractivity contribution is 6.09. The molecule has 3 aromatic carbocycles. The van der Waals surface area contributed by atoms with E-state index >= 15 is 0 Å². The van der Waals surface area contributed by atoms with E-state index in [1.807, 2.05) is 72.8 Å². The van der Waals surface area contributed by atoms with E-state index in [1.165, 1.54) is 0 Å². The number of anilines is 1. The number of fused-ring (bicyclic) bond motifs is 3. The van der Waals surface area contributed by atoms with E-state index in [1.54, 1.807) is 18.1 Å². The molecule has 0 saturated carbocycles. The number of nitrogens with zero attached hydrogens (tertiary/aromatic N) is 4. The maximum atomic E-state index is 14.4. The van der Waals surface area contributed by atoms with Crippen molar-refractivity contribution in [2.24, 2.45) is 4.99 Å². The lowest BCUT2D eigenvalue weighted by molar-refractivity contribution is -0.127. The van der Waals surface area contributed by atoms with Crippen LogP contribution in [-0.4, -0.2) is 52.9 Å². The molecule has 42 heavy (non-hydrogen) atoms. The van der Waals surface area contributed by atoms with Crippen molar-refractivity contribution in [3.05, 3.63) is 102 Å². The van der Waals surface area contributed by atoms with Gasteiger partial charge >= 0.3 is 0 Å². The van der Waals surface area contributed by atoms with Gasteiger partial charge in [0.1, 0.15) is 11.5 Å². The van der Waals surface area contributed by atoms with Crippen molar-refractivity contribution < 1.29 is 28.6 Å². The van der Waals surface area contributed by atoms with Gasteiger partial charge in [-0.15, -0.1) is 6.58 Å². The normalized spacial score (nSPS) is 19.0. The summed E-state index contributed by atoms with van der Waals surface area (Å²) in [5.41, 5.74) is 1.75. The van der Waals surface area contributed by atoms with Gasteiger partial charge in [-0.05, 0) is 54.6 Å². The van der Waals surface area contributed by atoms with Crippen LogP contribution in [0.2, 0.25) is 0 Å². The van der Waals surface area contributed by atoms with Gasteiger partial charge in [-0.25, -0.2) is 4.99 Å². The van der Waals surface area contributed by atoms with Crippen LogP contribution in [0.25, 0.3) is 11.5 Å². The molecule has 0 radical (unpaired) electrons. The number of carbonyl (C=O) groups excluding carboxylic acids is 1. The van der Waals surface area contributed by atoms with Crippen LogP contribution >= 0.6 is 0 Å². The summed E-state index contributed by atoms with van der Waals surface area (Å²) < 4.78 is 22.9. The Kier molecular flexibility index (Phi) is 7.45. The van der Waals surface area contributed by atoms with Gasteiger partial charge in [0.25, 0.3) is 11.8 Å². The minimum absolute atomic E-state index is 0.0680. The molecule has 0 spiro atoms. The third-order valence-electron chi connectivity index (χ3n) is 7.32. The van der Waals surface area contributed by atoms with Gasteiger partial charge in [-0.3, -0.25) is 4.79 Å². The van der Waals surface area contributed by atoms with E-state index in [9.17, 15) is 4.79 Å². The Labute approximate surface area is 242 Å². The quantitative estimate of drug-likeness (QED) is 0.201. The van der Waals surface area contributed by atoms with E-state index in [-0.39, 0.29) is 25.5 Å². The minimum Gasteiger partial charge on any atom is -0.497 e. The van der Waals surface area contributed by atoms with Gasteiger partial charge < -0.3 is 28.7 Å². The molecule has 0 bridgehead atoms. The van der Waals surface area contributed by atoms with Crippen molar-refractivity contribution in [3.63, 3.8) is 0 Å². The number of hydrogen-bond acceptors (Lipinski definition) is 9. The average molecular weight is 567 g/mol. The number of methoxy groups -OCH3 is 1. The standard InChI is InChI=1S/C32H30N4O6/c1-3-17-32-28(41-30(34-32)22-11-15-24(16-12-22)40-19-6-18-37)25-7-4-5-8-26(25)36(31(32)38)20-27-33-29(42-35-27)21-9-13-23(39-2)14-10-21/h3-5,7-16,28,37H,1,6,17-20H2,2H3/t28-,32-/m0/s1. The predicted molar refractivity (Wildman–Crippen MR) is 155 cm³/mol. The molecule has 0 unspecified atom stereocenters. The van der Waals surface area contributed by atoms with Crippen molar-refractivity contribution in [1.82, 2.24) is 10.1 Å². The highest BCUT2D eigenvalue weighted by Crippen LogP contribution is 2.50. The van der Waals surface area contributed by atoms with E-state index in [4.69, 9.17) is 28.8 Å². The molecule has 10 heteroatoms.